The highest BCUT2D eigenvalue weighted by Crippen LogP contribution is 2.17. The molecule has 102 valence electrons. The van der Waals surface area contributed by atoms with Gasteiger partial charge in [0.15, 0.2) is 12.0 Å². The molecule has 1 amide bonds. The molecule has 0 saturated heterocycles. The minimum atomic E-state index is -0.459. The zero-order valence-electron chi connectivity index (χ0n) is 11.2. The molecule has 0 radical (unpaired) electrons. The fraction of sp³-hybridized carbons (Fsp3) is 0.385. The Morgan fingerprint density at radius 3 is 2.74 bits per heavy atom. The molecule has 19 heavy (non-hydrogen) atoms. The molecule has 2 aromatic rings. The molecule has 1 aromatic heterocycles. The van der Waals surface area contributed by atoms with E-state index in [0.717, 1.165) is 10.9 Å². The Balaban J connectivity index is 2.18. The first-order valence-corrected chi connectivity index (χ1v) is 5.93. The van der Waals surface area contributed by atoms with E-state index in [2.05, 4.69) is 10.4 Å². The number of methoxy groups -OCH3 is 2. The molecule has 1 aromatic carbocycles. The van der Waals surface area contributed by atoms with Crippen LogP contribution in [-0.4, -0.2) is 42.7 Å². The average Bonchev–Trinajstić information content (AvgIpc) is 2.78. The summed E-state index contributed by atoms with van der Waals surface area (Å²) in [6.07, 6.45) is -0.459. The largest absolute Gasteiger partial charge is 0.354 e. The van der Waals surface area contributed by atoms with E-state index in [9.17, 15) is 4.79 Å². The molecule has 6 nitrogen and oxygen atoms in total. The van der Waals surface area contributed by atoms with Gasteiger partial charge in [-0.1, -0.05) is 18.2 Å². The third-order valence-electron chi connectivity index (χ3n) is 2.93. The summed E-state index contributed by atoms with van der Waals surface area (Å²) in [6.45, 7) is 0.275. The minimum Gasteiger partial charge on any atom is -0.354 e. The number of nitrogens with one attached hydrogen (secondary N) is 1. The van der Waals surface area contributed by atoms with Gasteiger partial charge >= 0.3 is 0 Å². The lowest BCUT2D eigenvalue weighted by Crippen LogP contribution is -2.34. The molecular weight excluding hydrogens is 246 g/mol. The average molecular weight is 263 g/mol. The van der Waals surface area contributed by atoms with Crippen LogP contribution in [0.2, 0.25) is 0 Å². The molecule has 0 spiro atoms. The predicted molar refractivity (Wildman–Crippen MR) is 70.9 cm³/mol. The van der Waals surface area contributed by atoms with Crippen molar-refractivity contribution in [2.45, 2.75) is 6.29 Å². The maximum absolute atomic E-state index is 12.1. The Labute approximate surface area is 111 Å². The van der Waals surface area contributed by atoms with Crippen LogP contribution in [0.5, 0.6) is 0 Å². The van der Waals surface area contributed by atoms with E-state index in [-0.39, 0.29) is 12.5 Å². The van der Waals surface area contributed by atoms with Crippen LogP contribution in [0.1, 0.15) is 10.5 Å². The molecule has 0 aliphatic rings. The molecule has 2 rings (SSSR count). The molecular formula is C13H17N3O3. The number of carbonyl (C=O) groups is 1. The molecule has 0 bridgehead atoms. The first-order valence-electron chi connectivity index (χ1n) is 5.93. The van der Waals surface area contributed by atoms with Crippen LogP contribution in [0.3, 0.4) is 0 Å². The molecule has 0 saturated carbocycles. The van der Waals surface area contributed by atoms with Gasteiger partial charge in [0, 0.05) is 26.7 Å². The van der Waals surface area contributed by atoms with Crippen LogP contribution in [0.4, 0.5) is 0 Å². The van der Waals surface area contributed by atoms with Crippen LogP contribution < -0.4 is 5.32 Å². The maximum atomic E-state index is 12.1. The maximum Gasteiger partial charge on any atom is 0.272 e. The molecule has 0 atom stereocenters. The molecule has 0 unspecified atom stereocenters. The summed E-state index contributed by atoms with van der Waals surface area (Å²) in [5.41, 5.74) is 1.33. The fourth-order valence-electron chi connectivity index (χ4n) is 1.90. The second-order valence-electron chi connectivity index (χ2n) is 4.10. The number of rotatable bonds is 5. The summed E-state index contributed by atoms with van der Waals surface area (Å²) in [5, 5.41) is 7.81. The van der Waals surface area contributed by atoms with Crippen molar-refractivity contribution in [3.8, 4) is 0 Å². The lowest BCUT2D eigenvalue weighted by atomic mass is 10.2. The second-order valence-corrected chi connectivity index (χ2v) is 4.10. The van der Waals surface area contributed by atoms with E-state index in [4.69, 9.17) is 9.47 Å². The SMILES string of the molecule is COC(CNC(=O)c1nn(C)c2ccccc12)OC. The summed E-state index contributed by atoms with van der Waals surface area (Å²) in [6, 6.07) is 7.60. The molecule has 1 N–H and O–H groups in total. The zero-order chi connectivity index (χ0) is 13.8. The van der Waals surface area contributed by atoms with Crippen molar-refractivity contribution >= 4 is 16.8 Å². The first-order chi connectivity index (χ1) is 9.17. The Morgan fingerprint density at radius 1 is 1.37 bits per heavy atom. The van der Waals surface area contributed by atoms with E-state index in [1.54, 1.807) is 4.68 Å². The molecule has 0 aliphatic heterocycles. The van der Waals surface area contributed by atoms with E-state index >= 15 is 0 Å². The number of nitrogens with zero attached hydrogens (tertiary/aromatic N) is 2. The van der Waals surface area contributed by atoms with Gasteiger partial charge in [0.05, 0.1) is 12.1 Å². The zero-order valence-corrected chi connectivity index (χ0v) is 11.2. The van der Waals surface area contributed by atoms with Crippen molar-refractivity contribution in [2.75, 3.05) is 20.8 Å². The Kier molecular flexibility index (Phi) is 4.13. The highest BCUT2D eigenvalue weighted by atomic mass is 16.7. The lowest BCUT2D eigenvalue weighted by molar-refractivity contribution is -0.0974. The third-order valence-corrected chi connectivity index (χ3v) is 2.93. The number of amides is 1. The van der Waals surface area contributed by atoms with Crippen molar-refractivity contribution in [3.63, 3.8) is 0 Å². The van der Waals surface area contributed by atoms with Gasteiger partial charge in [-0.15, -0.1) is 0 Å². The van der Waals surface area contributed by atoms with Crippen LogP contribution in [0.15, 0.2) is 24.3 Å². The highest BCUT2D eigenvalue weighted by Gasteiger charge is 2.16. The van der Waals surface area contributed by atoms with E-state index in [1.807, 2.05) is 31.3 Å². The van der Waals surface area contributed by atoms with Crippen molar-refractivity contribution in [2.24, 2.45) is 7.05 Å². The van der Waals surface area contributed by atoms with Crippen molar-refractivity contribution in [1.29, 1.82) is 0 Å². The molecule has 0 aliphatic carbocycles. The van der Waals surface area contributed by atoms with E-state index < -0.39 is 6.29 Å². The van der Waals surface area contributed by atoms with Crippen molar-refractivity contribution in [1.82, 2.24) is 15.1 Å². The normalized spacial score (nSPS) is 11.2. The van der Waals surface area contributed by atoms with Crippen molar-refractivity contribution in [3.05, 3.63) is 30.0 Å². The van der Waals surface area contributed by atoms with E-state index in [0.29, 0.717) is 5.69 Å². The lowest BCUT2D eigenvalue weighted by Gasteiger charge is -2.13. The number of hydrogen-bond donors (Lipinski definition) is 1. The van der Waals surface area contributed by atoms with Gasteiger partial charge in [0.1, 0.15) is 0 Å². The molecule has 1 heterocycles. The van der Waals surface area contributed by atoms with Gasteiger partial charge in [-0.05, 0) is 6.07 Å². The third kappa shape index (κ3) is 2.74. The summed E-state index contributed by atoms with van der Waals surface area (Å²) in [5.74, 6) is -0.240. The predicted octanol–water partition coefficient (Wildman–Crippen LogP) is 0.922. The molecule has 6 heteroatoms. The smallest absolute Gasteiger partial charge is 0.272 e. The van der Waals surface area contributed by atoms with Gasteiger partial charge in [-0.25, -0.2) is 0 Å². The standard InChI is InChI=1S/C13H17N3O3/c1-16-10-7-5-4-6-9(10)12(15-16)13(17)14-8-11(18-2)19-3/h4-7,11H,8H2,1-3H3,(H,14,17). The van der Waals surface area contributed by atoms with Crippen molar-refractivity contribution < 1.29 is 14.3 Å². The number of aryl methyl sites for hydroxylation is 1. The summed E-state index contributed by atoms with van der Waals surface area (Å²) >= 11 is 0. The topological polar surface area (TPSA) is 65.4 Å². The number of fused-ring (bicyclic) bond motifs is 1. The fourth-order valence-corrected chi connectivity index (χ4v) is 1.90. The number of benzene rings is 1. The number of aromatic nitrogens is 2. The Hall–Kier alpha value is -1.92. The quantitative estimate of drug-likeness (QED) is 0.815. The summed E-state index contributed by atoms with van der Waals surface area (Å²) < 4.78 is 11.7. The molecule has 0 fully saturated rings. The van der Waals surface area contributed by atoms with Gasteiger partial charge < -0.3 is 14.8 Å². The first kappa shape index (κ1) is 13.5. The Bertz CT molecular complexity index is 576. The van der Waals surface area contributed by atoms with Crippen LogP contribution in [0, 0.1) is 0 Å². The number of para-hydroxylation sites is 1. The van der Waals surface area contributed by atoms with Crippen LogP contribution in [0.25, 0.3) is 10.9 Å². The summed E-state index contributed by atoms with van der Waals surface area (Å²) in [4.78, 5) is 12.1. The monoisotopic (exact) mass is 263 g/mol. The van der Waals surface area contributed by atoms with Gasteiger partial charge in [0.25, 0.3) is 5.91 Å². The number of hydrogen-bond acceptors (Lipinski definition) is 4. The van der Waals surface area contributed by atoms with Crippen LogP contribution >= 0.6 is 0 Å². The van der Waals surface area contributed by atoms with Gasteiger partial charge in [0.2, 0.25) is 0 Å². The van der Waals surface area contributed by atoms with Crippen LogP contribution in [-0.2, 0) is 16.5 Å². The number of carbonyl (C=O) groups excluding carboxylic acids is 1. The summed E-state index contributed by atoms with van der Waals surface area (Å²) in [7, 11) is 4.86. The second kappa shape index (κ2) is 5.81. The van der Waals surface area contributed by atoms with E-state index in [1.165, 1.54) is 14.2 Å². The number of ether oxygens (including phenoxy) is 2. The highest BCUT2D eigenvalue weighted by molar-refractivity contribution is 6.04. The van der Waals surface area contributed by atoms with Gasteiger partial charge in [-0.3, -0.25) is 9.48 Å². The Morgan fingerprint density at radius 2 is 2.05 bits per heavy atom. The van der Waals surface area contributed by atoms with Gasteiger partial charge in [-0.2, -0.15) is 5.10 Å². The minimum absolute atomic E-state index is 0.240.